The van der Waals surface area contributed by atoms with E-state index in [0.717, 1.165) is 38.4 Å². The zero-order chi connectivity index (χ0) is 12.3. The van der Waals surface area contributed by atoms with Gasteiger partial charge in [0.05, 0.1) is 5.02 Å². The van der Waals surface area contributed by atoms with E-state index < -0.39 is 0 Å². The quantitative estimate of drug-likeness (QED) is 0.784. The predicted molar refractivity (Wildman–Crippen MR) is 70.8 cm³/mol. The molecule has 0 aliphatic carbocycles. The number of halogens is 3. The van der Waals surface area contributed by atoms with Gasteiger partial charge >= 0.3 is 0 Å². The maximum absolute atomic E-state index is 13.1. The molecule has 0 bridgehead atoms. The summed E-state index contributed by atoms with van der Waals surface area (Å²) in [6.45, 7) is 4.76. The summed E-state index contributed by atoms with van der Waals surface area (Å²) in [7, 11) is 0. The first kappa shape index (κ1) is 12.9. The molecule has 1 fully saturated rings. The largest absolute Gasteiger partial charge is 0.369 e. The molecule has 2 rings (SSSR count). The summed E-state index contributed by atoms with van der Waals surface area (Å²) >= 11 is 11.5. The molecular weight excluding hydrogens is 262 g/mol. The molecule has 0 N–H and O–H groups in total. The van der Waals surface area contributed by atoms with Gasteiger partial charge in [-0.25, -0.2) is 4.39 Å². The van der Waals surface area contributed by atoms with Gasteiger partial charge in [-0.1, -0.05) is 11.6 Å². The fourth-order valence-corrected chi connectivity index (χ4v) is 2.44. The third-order valence-corrected chi connectivity index (χ3v) is 3.50. The smallest absolute Gasteiger partial charge is 0.141 e. The predicted octanol–water partition coefficient (Wildman–Crippen LogP) is 2.84. The van der Waals surface area contributed by atoms with Crippen molar-refractivity contribution in [3.05, 3.63) is 29.0 Å². The summed E-state index contributed by atoms with van der Waals surface area (Å²) in [4.78, 5) is 4.55. The Morgan fingerprint density at radius 2 is 1.88 bits per heavy atom. The monoisotopic (exact) mass is 276 g/mol. The first-order chi connectivity index (χ1) is 8.20. The molecule has 5 heteroatoms. The Balaban J connectivity index is 1.98. The van der Waals surface area contributed by atoms with Crippen LogP contribution in [0.15, 0.2) is 18.2 Å². The second-order valence-corrected chi connectivity index (χ2v) is 4.90. The van der Waals surface area contributed by atoms with Crippen molar-refractivity contribution in [2.24, 2.45) is 0 Å². The van der Waals surface area contributed by atoms with E-state index in [9.17, 15) is 4.39 Å². The van der Waals surface area contributed by atoms with Crippen molar-refractivity contribution in [2.45, 2.75) is 0 Å². The van der Waals surface area contributed by atoms with Gasteiger partial charge < -0.3 is 4.90 Å². The lowest BCUT2D eigenvalue weighted by atomic mass is 10.2. The Morgan fingerprint density at radius 3 is 2.47 bits per heavy atom. The highest BCUT2D eigenvalue weighted by Crippen LogP contribution is 2.23. The summed E-state index contributed by atoms with van der Waals surface area (Å²) in [5.41, 5.74) is 0.988. The van der Waals surface area contributed by atoms with Crippen molar-refractivity contribution in [1.29, 1.82) is 0 Å². The minimum Gasteiger partial charge on any atom is -0.369 e. The van der Waals surface area contributed by atoms with Gasteiger partial charge in [0.15, 0.2) is 0 Å². The summed E-state index contributed by atoms with van der Waals surface area (Å²) in [6, 6.07) is 4.88. The minimum atomic E-state index is -0.365. The molecule has 1 aliphatic heterocycles. The number of hydrogen-bond donors (Lipinski definition) is 0. The van der Waals surface area contributed by atoms with Crippen LogP contribution >= 0.6 is 23.2 Å². The first-order valence-corrected chi connectivity index (χ1v) is 6.60. The summed E-state index contributed by atoms with van der Waals surface area (Å²) in [5.74, 6) is 0.304. The molecule has 0 amide bonds. The van der Waals surface area contributed by atoms with Crippen LogP contribution < -0.4 is 4.90 Å². The topological polar surface area (TPSA) is 6.48 Å². The van der Waals surface area contributed by atoms with E-state index in [2.05, 4.69) is 9.80 Å². The van der Waals surface area contributed by atoms with E-state index in [4.69, 9.17) is 23.2 Å². The van der Waals surface area contributed by atoms with Gasteiger partial charge in [-0.05, 0) is 18.2 Å². The number of hydrogen-bond acceptors (Lipinski definition) is 2. The number of rotatable bonds is 3. The van der Waals surface area contributed by atoms with Crippen molar-refractivity contribution < 1.29 is 4.39 Å². The van der Waals surface area contributed by atoms with Crippen LogP contribution in [0.3, 0.4) is 0 Å². The van der Waals surface area contributed by atoms with Crippen molar-refractivity contribution in [3.63, 3.8) is 0 Å². The fourth-order valence-electron chi connectivity index (χ4n) is 2.03. The first-order valence-electron chi connectivity index (χ1n) is 5.69. The normalized spacial score (nSPS) is 17.5. The molecule has 0 unspecified atom stereocenters. The maximum atomic E-state index is 13.1. The molecule has 17 heavy (non-hydrogen) atoms. The molecule has 0 radical (unpaired) electrons. The van der Waals surface area contributed by atoms with Crippen LogP contribution in [0.5, 0.6) is 0 Å². The van der Waals surface area contributed by atoms with Gasteiger partial charge in [-0.2, -0.15) is 0 Å². The third kappa shape index (κ3) is 3.24. The molecule has 1 aromatic rings. The van der Waals surface area contributed by atoms with Crippen molar-refractivity contribution in [2.75, 3.05) is 43.5 Å². The van der Waals surface area contributed by atoms with E-state index in [0.29, 0.717) is 5.88 Å². The highest BCUT2D eigenvalue weighted by atomic mass is 35.5. The Bertz CT molecular complexity index is 379. The zero-order valence-electron chi connectivity index (χ0n) is 9.50. The second kappa shape index (κ2) is 5.89. The van der Waals surface area contributed by atoms with Gasteiger partial charge in [0.2, 0.25) is 0 Å². The summed E-state index contributed by atoms with van der Waals surface area (Å²) in [6.07, 6.45) is 0. The molecule has 1 aromatic carbocycles. The number of nitrogens with zero attached hydrogens (tertiary/aromatic N) is 2. The van der Waals surface area contributed by atoms with E-state index in [1.807, 2.05) is 0 Å². The van der Waals surface area contributed by atoms with Crippen molar-refractivity contribution >= 4 is 28.9 Å². The van der Waals surface area contributed by atoms with Gasteiger partial charge in [-0.15, -0.1) is 11.6 Å². The molecule has 94 valence electrons. The van der Waals surface area contributed by atoms with Gasteiger partial charge in [0.25, 0.3) is 0 Å². The van der Waals surface area contributed by atoms with Crippen LogP contribution in [0.1, 0.15) is 0 Å². The van der Waals surface area contributed by atoms with Gasteiger partial charge in [-0.3, -0.25) is 4.90 Å². The highest BCUT2D eigenvalue weighted by molar-refractivity contribution is 6.31. The zero-order valence-corrected chi connectivity index (χ0v) is 11.0. The molecule has 2 nitrogen and oxygen atoms in total. The van der Waals surface area contributed by atoms with Crippen LogP contribution in [0.2, 0.25) is 5.02 Å². The van der Waals surface area contributed by atoms with Gasteiger partial charge in [0, 0.05) is 44.3 Å². The molecular formula is C12H15Cl2FN2. The Hall–Kier alpha value is -0.510. The van der Waals surface area contributed by atoms with Gasteiger partial charge in [0.1, 0.15) is 5.82 Å². The maximum Gasteiger partial charge on any atom is 0.141 e. The van der Waals surface area contributed by atoms with E-state index >= 15 is 0 Å². The highest BCUT2D eigenvalue weighted by Gasteiger charge is 2.17. The Labute approximate surface area is 111 Å². The Morgan fingerprint density at radius 1 is 1.18 bits per heavy atom. The average molecular weight is 277 g/mol. The third-order valence-electron chi connectivity index (χ3n) is 3.04. The lowest BCUT2D eigenvalue weighted by Gasteiger charge is -2.35. The van der Waals surface area contributed by atoms with Crippen LogP contribution in [0, 0.1) is 5.82 Å². The lowest BCUT2D eigenvalue weighted by molar-refractivity contribution is 0.272. The number of anilines is 1. The van der Waals surface area contributed by atoms with E-state index in [-0.39, 0.29) is 10.8 Å². The second-order valence-electron chi connectivity index (χ2n) is 4.12. The van der Waals surface area contributed by atoms with Crippen LogP contribution in [0.25, 0.3) is 0 Å². The fraction of sp³-hybridized carbons (Fsp3) is 0.500. The minimum absolute atomic E-state index is 0.186. The molecule has 1 heterocycles. The standard InChI is InChI=1S/C12H15Cl2FN2/c13-3-4-16-5-7-17(8-6-16)10-1-2-12(15)11(14)9-10/h1-2,9H,3-8H2. The molecule has 0 saturated carbocycles. The molecule has 0 atom stereocenters. The molecule has 0 aromatic heterocycles. The van der Waals surface area contributed by atoms with Crippen molar-refractivity contribution in [1.82, 2.24) is 4.90 Å². The van der Waals surface area contributed by atoms with Crippen molar-refractivity contribution in [3.8, 4) is 0 Å². The SMILES string of the molecule is Fc1ccc(N2CCN(CCCl)CC2)cc1Cl. The average Bonchev–Trinajstić information content (AvgIpc) is 2.34. The van der Waals surface area contributed by atoms with E-state index in [1.54, 1.807) is 12.1 Å². The molecule has 1 aliphatic rings. The number of alkyl halides is 1. The molecule has 1 saturated heterocycles. The molecule has 0 spiro atoms. The lowest BCUT2D eigenvalue weighted by Crippen LogP contribution is -2.46. The number of benzene rings is 1. The Kier molecular flexibility index (Phi) is 4.48. The van der Waals surface area contributed by atoms with Crippen LogP contribution in [0.4, 0.5) is 10.1 Å². The summed E-state index contributed by atoms with van der Waals surface area (Å²) < 4.78 is 13.1. The van der Waals surface area contributed by atoms with E-state index in [1.165, 1.54) is 6.07 Å². The number of piperazine rings is 1. The van der Waals surface area contributed by atoms with Crippen LogP contribution in [-0.4, -0.2) is 43.5 Å². The van der Waals surface area contributed by atoms with Crippen LogP contribution in [-0.2, 0) is 0 Å². The summed E-state index contributed by atoms with van der Waals surface area (Å²) in [5, 5.41) is 0.186.